The molecular formula is C31H26O9. The van der Waals surface area contributed by atoms with Gasteiger partial charge in [-0.25, -0.2) is 0 Å². The zero-order chi connectivity index (χ0) is 28.8. The first kappa shape index (κ1) is 27.7. The van der Waals surface area contributed by atoms with Crippen molar-refractivity contribution in [2.24, 2.45) is 0 Å². The Morgan fingerprint density at radius 2 is 1.25 bits per heavy atom. The van der Waals surface area contributed by atoms with E-state index in [1.54, 1.807) is 42.5 Å². The highest BCUT2D eigenvalue weighted by Gasteiger charge is 2.30. The lowest BCUT2D eigenvalue weighted by Crippen LogP contribution is -2.25. The van der Waals surface area contributed by atoms with E-state index >= 15 is 0 Å². The minimum Gasteiger partial charge on any atom is -0.508 e. The van der Waals surface area contributed by atoms with Crippen molar-refractivity contribution in [1.82, 2.24) is 0 Å². The molecule has 0 saturated heterocycles. The maximum Gasteiger partial charge on any atom is 0.200 e. The van der Waals surface area contributed by atoms with Crippen LogP contribution in [0, 0.1) is 0 Å². The number of carbonyl (C=O) groups excluding carboxylic acids is 1. The third-order valence-corrected chi connectivity index (χ3v) is 6.18. The van der Waals surface area contributed by atoms with Crippen LogP contribution in [-0.4, -0.2) is 45.0 Å². The molecule has 6 rings (SSSR count). The third kappa shape index (κ3) is 5.90. The lowest BCUT2D eigenvalue weighted by Gasteiger charge is -2.24. The van der Waals surface area contributed by atoms with Gasteiger partial charge < -0.3 is 34.7 Å². The Kier molecular flexibility index (Phi) is 8.36. The van der Waals surface area contributed by atoms with Gasteiger partial charge >= 0.3 is 0 Å². The molecule has 40 heavy (non-hydrogen) atoms. The van der Waals surface area contributed by atoms with E-state index in [0.29, 0.717) is 33.4 Å². The van der Waals surface area contributed by atoms with Crippen molar-refractivity contribution >= 4 is 16.8 Å². The van der Waals surface area contributed by atoms with Crippen molar-refractivity contribution in [3.63, 3.8) is 0 Å². The zero-order valence-corrected chi connectivity index (χ0v) is 21.3. The summed E-state index contributed by atoms with van der Waals surface area (Å²) in [5, 5.41) is 44.6. The van der Waals surface area contributed by atoms with Gasteiger partial charge in [-0.15, -0.1) is 0 Å². The van der Waals surface area contributed by atoms with Crippen molar-refractivity contribution in [2.75, 3.05) is 13.7 Å². The number of benzene rings is 4. The SMILES string of the molecule is CO.O=C1c2ccc(O)cc2OCC1c1ccc(O)cc1.O=c1c(-c2ccc(O)cc2)coc2cc(O)ccc12. The number of hydrogen-bond donors (Lipinski definition) is 5. The number of aliphatic hydroxyl groups is 1. The van der Waals surface area contributed by atoms with Crippen molar-refractivity contribution in [2.45, 2.75) is 5.92 Å². The number of ether oxygens (including phenoxy) is 1. The van der Waals surface area contributed by atoms with E-state index < -0.39 is 0 Å². The smallest absolute Gasteiger partial charge is 0.200 e. The molecule has 5 N–H and O–H groups in total. The second-order valence-corrected chi connectivity index (χ2v) is 8.71. The first-order valence-electron chi connectivity index (χ1n) is 12.1. The lowest BCUT2D eigenvalue weighted by atomic mass is 9.89. The molecule has 0 amide bonds. The Morgan fingerprint density at radius 1 is 0.675 bits per heavy atom. The molecule has 0 saturated carbocycles. The molecule has 1 unspecified atom stereocenters. The fourth-order valence-corrected chi connectivity index (χ4v) is 4.18. The number of Topliss-reactive ketones (excluding diaryl/α,β-unsaturated/α-hetero) is 1. The number of ketones is 1. The Morgan fingerprint density at radius 3 is 1.93 bits per heavy atom. The van der Waals surface area contributed by atoms with Gasteiger partial charge in [0.15, 0.2) is 11.2 Å². The summed E-state index contributed by atoms with van der Waals surface area (Å²) in [5.41, 5.74) is 2.53. The first-order valence-corrected chi connectivity index (χ1v) is 12.1. The number of phenolic OH excluding ortho intramolecular Hbond substituents is 4. The van der Waals surface area contributed by atoms with Crippen LogP contribution in [0.5, 0.6) is 28.7 Å². The van der Waals surface area contributed by atoms with Gasteiger partial charge in [-0.1, -0.05) is 24.3 Å². The van der Waals surface area contributed by atoms with Gasteiger partial charge in [0.05, 0.1) is 22.4 Å². The van der Waals surface area contributed by atoms with Crippen LogP contribution in [0.4, 0.5) is 0 Å². The minimum absolute atomic E-state index is 0.0352. The lowest BCUT2D eigenvalue weighted by molar-refractivity contribution is 0.0896. The summed E-state index contributed by atoms with van der Waals surface area (Å²) in [4.78, 5) is 24.7. The van der Waals surface area contributed by atoms with Crippen LogP contribution in [-0.2, 0) is 0 Å². The molecule has 9 heteroatoms. The Hall–Kier alpha value is -5.28. The van der Waals surface area contributed by atoms with E-state index in [1.165, 1.54) is 48.7 Å². The Labute approximate surface area is 228 Å². The molecule has 0 spiro atoms. The summed E-state index contributed by atoms with van der Waals surface area (Å²) < 4.78 is 10.9. The molecule has 0 aliphatic carbocycles. The monoisotopic (exact) mass is 542 g/mol. The Bertz CT molecular complexity index is 1690. The van der Waals surface area contributed by atoms with Gasteiger partial charge in [-0.05, 0) is 59.7 Å². The molecule has 9 nitrogen and oxygen atoms in total. The second kappa shape index (κ2) is 12.1. The van der Waals surface area contributed by atoms with Crippen LogP contribution >= 0.6 is 0 Å². The molecule has 5 aromatic rings. The topological polar surface area (TPSA) is 158 Å². The van der Waals surface area contributed by atoms with E-state index in [1.807, 2.05) is 0 Å². The number of aliphatic hydroxyl groups excluding tert-OH is 1. The molecule has 1 atom stereocenters. The van der Waals surface area contributed by atoms with Crippen LogP contribution in [0.25, 0.3) is 22.1 Å². The summed E-state index contributed by atoms with van der Waals surface area (Å²) in [5.74, 6) is 0.435. The molecule has 0 bridgehead atoms. The minimum atomic E-state index is -0.377. The van der Waals surface area contributed by atoms with Crippen LogP contribution < -0.4 is 10.2 Å². The van der Waals surface area contributed by atoms with E-state index in [0.717, 1.165) is 12.7 Å². The van der Waals surface area contributed by atoms with Crippen molar-refractivity contribution < 1.29 is 39.5 Å². The maximum atomic E-state index is 12.4. The predicted octanol–water partition coefficient (Wildman–Crippen LogP) is 4.94. The highest BCUT2D eigenvalue weighted by Crippen LogP contribution is 2.35. The van der Waals surface area contributed by atoms with Gasteiger partial charge in [0.25, 0.3) is 0 Å². The van der Waals surface area contributed by atoms with Gasteiger partial charge in [0.2, 0.25) is 0 Å². The first-order chi connectivity index (χ1) is 19.3. The number of carbonyl (C=O) groups is 1. The summed E-state index contributed by atoms with van der Waals surface area (Å²) in [6.07, 6.45) is 1.36. The van der Waals surface area contributed by atoms with Crippen LogP contribution in [0.3, 0.4) is 0 Å². The molecule has 4 aromatic carbocycles. The van der Waals surface area contributed by atoms with E-state index in [4.69, 9.17) is 14.3 Å². The largest absolute Gasteiger partial charge is 0.508 e. The molecule has 0 radical (unpaired) electrons. The normalized spacial score (nSPS) is 13.7. The fraction of sp³-hybridized carbons (Fsp3) is 0.0968. The van der Waals surface area contributed by atoms with Gasteiger partial charge in [0, 0.05) is 19.2 Å². The van der Waals surface area contributed by atoms with Crippen LogP contribution in [0.2, 0.25) is 0 Å². The van der Waals surface area contributed by atoms with E-state index in [9.17, 15) is 30.0 Å². The van der Waals surface area contributed by atoms with Crippen molar-refractivity contribution in [1.29, 1.82) is 0 Å². The summed E-state index contributed by atoms with van der Waals surface area (Å²) >= 11 is 0. The van der Waals surface area contributed by atoms with Crippen molar-refractivity contribution in [3.05, 3.63) is 113 Å². The Balaban J connectivity index is 0.000000174. The number of fused-ring (bicyclic) bond motifs is 2. The number of phenols is 4. The highest BCUT2D eigenvalue weighted by atomic mass is 16.5. The van der Waals surface area contributed by atoms with Crippen LogP contribution in [0.1, 0.15) is 21.8 Å². The molecule has 1 aliphatic rings. The number of hydrogen-bond acceptors (Lipinski definition) is 9. The highest BCUT2D eigenvalue weighted by molar-refractivity contribution is 6.04. The predicted molar refractivity (Wildman–Crippen MR) is 148 cm³/mol. The molecule has 1 aromatic heterocycles. The standard InChI is InChI=1S/C15H12O4.C15H10O4.CH4O/c2*16-10-3-1-9(2-4-10)13-8-19-14-7-11(17)5-6-12(14)15(13)18;1-2/h1-7,13,16-17H,8H2;1-8,16-17H;2H,1H3. The van der Waals surface area contributed by atoms with E-state index in [2.05, 4.69) is 0 Å². The average Bonchev–Trinajstić information content (AvgIpc) is 2.96. The van der Waals surface area contributed by atoms with Crippen LogP contribution in [0.15, 0.2) is 100 Å². The average molecular weight is 543 g/mol. The summed E-state index contributed by atoms with van der Waals surface area (Å²) in [7, 11) is 1.00. The molecule has 204 valence electrons. The number of rotatable bonds is 2. The van der Waals surface area contributed by atoms with Gasteiger partial charge in [-0.3, -0.25) is 9.59 Å². The number of aromatic hydroxyl groups is 4. The van der Waals surface area contributed by atoms with Gasteiger partial charge in [-0.2, -0.15) is 0 Å². The second-order valence-electron chi connectivity index (χ2n) is 8.71. The third-order valence-electron chi connectivity index (χ3n) is 6.18. The maximum absolute atomic E-state index is 12.4. The summed E-state index contributed by atoms with van der Waals surface area (Å²) in [6.45, 7) is 0.236. The zero-order valence-electron chi connectivity index (χ0n) is 21.3. The summed E-state index contributed by atoms with van der Waals surface area (Å²) in [6, 6.07) is 21.7. The van der Waals surface area contributed by atoms with Crippen molar-refractivity contribution in [3.8, 4) is 39.9 Å². The molecule has 0 fully saturated rings. The fourth-order valence-electron chi connectivity index (χ4n) is 4.18. The molecular weight excluding hydrogens is 516 g/mol. The molecule has 2 heterocycles. The molecule has 1 aliphatic heterocycles. The van der Waals surface area contributed by atoms with E-state index in [-0.39, 0.29) is 46.7 Å². The quantitative estimate of drug-likeness (QED) is 0.208. The van der Waals surface area contributed by atoms with Gasteiger partial charge in [0.1, 0.15) is 47.2 Å².